The van der Waals surface area contributed by atoms with Crippen molar-refractivity contribution >= 4 is 21.5 Å². The Morgan fingerprint density at radius 2 is 1.58 bits per heavy atom. The molecule has 1 saturated heterocycles. The van der Waals surface area contributed by atoms with Crippen molar-refractivity contribution in [3.63, 3.8) is 0 Å². The predicted octanol–water partition coefficient (Wildman–Crippen LogP) is 6.48. The van der Waals surface area contributed by atoms with Crippen molar-refractivity contribution in [2.45, 2.75) is 38.9 Å². The number of nitrogens with zero attached hydrogens (tertiary/aromatic N) is 2. The minimum absolute atomic E-state index is 0.667. The lowest BCUT2D eigenvalue weighted by atomic mass is 10.0. The van der Waals surface area contributed by atoms with Gasteiger partial charge in [-0.2, -0.15) is 0 Å². The zero-order chi connectivity index (χ0) is 21.0. The van der Waals surface area contributed by atoms with Gasteiger partial charge in [-0.15, -0.1) is 0 Å². The van der Waals surface area contributed by atoms with Crippen LogP contribution in [0.4, 0.5) is 0 Å². The lowest BCUT2D eigenvalue weighted by Crippen LogP contribution is -2.39. The molecule has 0 aromatic heterocycles. The van der Waals surface area contributed by atoms with E-state index in [1.54, 1.807) is 0 Å². The summed E-state index contributed by atoms with van der Waals surface area (Å²) in [5.41, 5.74) is 2.83. The lowest BCUT2D eigenvalue weighted by Gasteiger charge is -2.31. The molecule has 158 valence electrons. The van der Waals surface area contributed by atoms with Crippen LogP contribution < -0.4 is 0 Å². The fourth-order valence-electron chi connectivity index (χ4n) is 5.27. The van der Waals surface area contributed by atoms with Crippen LogP contribution in [-0.4, -0.2) is 35.5 Å². The van der Waals surface area contributed by atoms with E-state index in [-0.39, 0.29) is 0 Å². The highest BCUT2D eigenvalue weighted by Gasteiger charge is 2.25. The van der Waals surface area contributed by atoms with Crippen LogP contribution in [0.5, 0.6) is 0 Å². The van der Waals surface area contributed by atoms with Crippen LogP contribution in [-0.2, 0) is 13.1 Å². The molecule has 0 saturated carbocycles. The summed E-state index contributed by atoms with van der Waals surface area (Å²) in [6.07, 6.45) is 2.65. The van der Waals surface area contributed by atoms with Crippen LogP contribution in [0.25, 0.3) is 21.5 Å². The normalized spacial score (nSPS) is 17.2. The first-order valence-electron chi connectivity index (χ1n) is 11.7. The van der Waals surface area contributed by atoms with Gasteiger partial charge in [-0.05, 0) is 64.7 Å². The van der Waals surface area contributed by atoms with Crippen LogP contribution in [0.3, 0.4) is 0 Å². The number of likely N-dealkylation sites (tertiary alicyclic amines) is 1. The summed E-state index contributed by atoms with van der Waals surface area (Å²) in [6, 6.07) is 31.8. The molecule has 4 aromatic rings. The van der Waals surface area contributed by atoms with Crippen molar-refractivity contribution in [1.82, 2.24) is 9.80 Å². The SMILES string of the molecule is CCN1CCCC1CN(Cc1ccc2ccccc2c1)Cc1cccc2ccccc12. The van der Waals surface area contributed by atoms with E-state index in [1.165, 1.54) is 52.1 Å². The zero-order valence-electron chi connectivity index (χ0n) is 18.5. The fourth-order valence-corrected chi connectivity index (χ4v) is 5.27. The van der Waals surface area contributed by atoms with E-state index in [9.17, 15) is 0 Å². The lowest BCUT2D eigenvalue weighted by molar-refractivity contribution is 0.166. The van der Waals surface area contributed by atoms with Gasteiger partial charge in [-0.25, -0.2) is 0 Å². The largest absolute Gasteiger partial charge is 0.299 e. The molecule has 4 aromatic carbocycles. The van der Waals surface area contributed by atoms with E-state index < -0.39 is 0 Å². The topological polar surface area (TPSA) is 6.48 Å². The van der Waals surface area contributed by atoms with E-state index in [0.29, 0.717) is 6.04 Å². The van der Waals surface area contributed by atoms with Gasteiger partial charge in [-0.1, -0.05) is 85.8 Å². The van der Waals surface area contributed by atoms with Crippen LogP contribution in [0.1, 0.15) is 30.9 Å². The Morgan fingerprint density at radius 3 is 2.45 bits per heavy atom. The standard InChI is InChI=1S/C29H32N2/c1-2-31-18-8-14-28(31)22-30(20-23-16-17-24-9-3-4-11-26(24)19-23)21-27-13-7-12-25-10-5-6-15-29(25)27/h3-7,9-13,15-17,19,28H,2,8,14,18,20-22H2,1H3. The molecule has 2 nitrogen and oxygen atoms in total. The number of hydrogen-bond acceptors (Lipinski definition) is 2. The minimum atomic E-state index is 0.667. The number of benzene rings is 4. The number of rotatable bonds is 7. The Hall–Kier alpha value is -2.68. The van der Waals surface area contributed by atoms with E-state index in [1.807, 2.05) is 0 Å². The van der Waals surface area contributed by atoms with Crippen LogP contribution in [0.2, 0.25) is 0 Å². The quantitative estimate of drug-likeness (QED) is 0.345. The van der Waals surface area contributed by atoms with Gasteiger partial charge in [-0.3, -0.25) is 9.80 Å². The molecule has 0 amide bonds. The molecule has 0 N–H and O–H groups in total. The first-order chi connectivity index (χ1) is 15.3. The van der Waals surface area contributed by atoms with Crippen molar-refractivity contribution in [3.8, 4) is 0 Å². The molecule has 0 radical (unpaired) electrons. The van der Waals surface area contributed by atoms with E-state index in [2.05, 4.69) is 102 Å². The third-order valence-corrected chi connectivity index (χ3v) is 6.87. The van der Waals surface area contributed by atoms with Gasteiger partial charge >= 0.3 is 0 Å². The Labute approximate surface area is 186 Å². The maximum Gasteiger partial charge on any atom is 0.0244 e. The predicted molar refractivity (Wildman–Crippen MR) is 132 cm³/mol. The van der Waals surface area contributed by atoms with Gasteiger partial charge in [0.2, 0.25) is 0 Å². The molecule has 1 heterocycles. The van der Waals surface area contributed by atoms with Gasteiger partial charge in [0, 0.05) is 25.7 Å². The van der Waals surface area contributed by atoms with Crippen molar-refractivity contribution in [2.75, 3.05) is 19.6 Å². The summed E-state index contributed by atoms with van der Waals surface area (Å²) >= 11 is 0. The highest BCUT2D eigenvalue weighted by atomic mass is 15.2. The molecule has 0 bridgehead atoms. The summed E-state index contributed by atoms with van der Waals surface area (Å²) in [7, 11) is 0. The third-order valence-electron chi connectivity index (χ3n) is 6.87. The Bertz CT molecular complexity index is 1160. The van der Waals surface area contributed by atoms with E-state index in [4.69, 9.17) is 0 Å². The smallest absolute Gasteiger partial charge is 0.0244 e. The Balaban J connectivity index is 1.44. The zero-order valence-corrected chi connectivity index (χ0v) is 18.5. The monoisotopic (exact) mass is 408 g/mol. The minimum Gasteiger partial charge on any atom is -0.299 e. The molecule has 1 unspecified atom stereocenters. The highest BCUT2D eigenvalue weighted by Crippen LogP contribution is 2.24. The maximum atomic E-state index is 2.67. The number of likely N-dealkylation sites (N-methyl/N-ethyl adjacent to an activating group) is 1. The molecule has 2 heteroatoms. The molecule has 5 rings (SSSR count). The molecule has 1 aliphatic rings. The van der Waals surface area contributed by atoms with Gasteiger partial charge < -0.3 is 0 Å². The summed E-state index contributed by atoms with van der Waals surface area (Å²) < 4.78 is 0. The summed E-state index contributed by atoms with van der Waals surface area (Å²) in [5, 5.41) is 5.37. The molecule has 1 atom stereocenters. The van der Waals surface area contributed by atoms with E-state index >= 15 is 0 Å². The summed E-state index contributed by atoms with van der Waals surface area (Å²) in [6.45, 7) is 7.81. The van der Waals surface area contributed by atoms with Crippen molar-refractivity contribution in [2.24, 2.45) is 0 Å². The Kier molecular flexibility index (Phi) is 6.01. The van der Waals surface area contributed by atoms with Crippen LogP contribution in [0.15, 0.2) is 84.9 Å². The number of fused-ring (bicyclic) bond motifs is 2. The Morgan fingerprint density at radius 1 is 0.806 bits per heavy atom. The fraction of sp³-hybridized carbons (Fsp3) is 0.310. The van der Waals surface area contributed by atoms with E-state index in [0.717, 1.165) is 26.2 Å². The molecular weight excluding hydrogens is 376 g/mol. The average Bonchev–Trinajstić information content (AvgIpc) is 3.26. The van der Waals surface area contributed by atoms with Gasteiger partial charge in [0.15, 0.2) is 0 Å². The van der Waals surface area contributed by atoms with Crippen molar-refractivity contribution < 1.29 is 0 Å². The molecular formula is C29H32N2. The molecule has 0 spiro atoms. The highest BCUT2D eigenvalue weighted by molar-refractivity contribution is 5.85. The second-order valence-corrected chi connectivity index (χ2v) is 8.91. The molecule has 1 fully saturated rings. The second-order valence-electron chi connectivity index (χ2n) is 8.91. The summed E-state index contributed by atoms with van der Waals surface area (Å²) in [4.78, 5) is 5.33. The molecule has 1 aliphatic heterocycles. The van der Waals surface area contributed by atoms with Crippen LogP contribution in [0, 0.1) is 0 Å². The average molecular weight is 409 g/mol. The maximum absolute atomic E-state index is 2.67. The first-order valence-corrected chi connectivity index (χ1v) is 11.7. The van der Waals surface area contributed by atoms with Crippen LogP contribution >= 0.6 is 0 Å². The summed E-state index contributed by atoms with van der Waals surface area (Å²) in [5.74, 6) is 0. The van der Waals surface area contributed by atoms with Gasteiger partial charge in [0.1, 0.15) is 0 Å². The first kappa shape index (κ1) is 20.2. The van der Waals surface area contributed by atoms with Crippen molar-refractivity contribution in [3.05, 3.63) is 96.1 Å². The van der Waals surface area contributed by atoms with Gasteiger partial charge in [0.05, 0.1) is 0 Å². The second kappa shape index (κ2) is 9.21. The van der Waals surface area contributed by atoms with Gasteiger partial charge in [0.25, 0.3) is 0 Å². The molecule has 31 heavy (non-hydrogen) atoms. The number of hydrogen-bond donors (Lipinski definition) is 0. The third kappa shape index (κ3) is 4.51. The van der Waals surface area contributed by atoms with Crippen molar-refractivity contribution in [1.29, 1.82) is 0 Å². The molecule has 0 aliphatic carbocycles.